The number of aromatic hydroxyl groups is 2. The number of nitrogens with two attached hydrogens (primary N) is 1. The number of carbonyl (C=O) groups is 5. The van der Waals surface area contributed by atoms with E-state index in [-0.39, 0.29) is 47.8 Å². The molecular weight excluding hydrogens is 939 g/mol. The highest BCUT2D eigenvalue weighted by molar-refractivity contribution is 5.99. The Morgan fingerprint density at radius 2 is 1.00 bits per heavy atom. The van der Waals surface area contributed by atoms with Crippen molar-refractivity contribution in [1.82, 2.24) is 10.6 Å². The molecule has 8 N–H and O–H groups in total. The van der Waals surface area contributed by atoms with Crippen molar-refractivity contribution in [1.29, 1.82) is 0 Å². The van der Waals surface area contributed by atoms with Crippen LogP contribution in [0.1, 0.15) is 133 Å². The van der Waals surface area contributed by atoms with Gasteiger partial charge in [0.05, 0.1) is 23.5 Å². The number of phenolic OH excluding ortho intramolecular Hbond substituents is 2. The molecule has 3 aromatic carbocycles. The van der Waals surface area contributed by atoms with Gasteiger partial charge in [0.25, 0.3) is 6.47 Å². The lowest BCUT2D eigenvalue weighted by Gasteiger charge is -2.29. The Hall–Kier alpha value is -6.87. The van der Waals surface area contributed by atoms with Crippen LogP contribution in [0.3, 0.4) is 0 Å². The van der Waals surface area contributed by atoms with Gasteiger partial charge in [0.15, 0.2) is 0 Å². The lowest BCUT2D eigenvalue weighted by atomic mass is 9.76. The van der Waals surface area contributed by atoms with E-state index in [4.69, 9.17) is 29.6 Å². The number of amides is 4. The van der Waals surface area contributed by atoms with Crippen molar-refractivity contribution >= 4 is 54.0 Å². The highest BCUT2D eigenvalue weighted by atomic mass is 16.5. The molecule has 0 aliphatic heterocycles. The van der Waals surface area contributed by atoms with Crippen molar-refractivity contribution in [2.75, 3.05) is 10.6 Å². The van der Waals surface area contributed by atoms with Crippen molar-refractivity contribution in [3.63, 3.8) is 0 Å². The van der Waals surface area contributed by atoms with E-state index in [2.05, 4.69) is 95.2 Å². The number of alkyl carbamates (subject to hydrolysis) is 1. The third-order valence-electron chi connectivity index (χ3n) is 11.7. The van der Waals surface area contributed by atoms with Crippen LogP contribution in [-0.4, -0.2) is 77.0 Å². The first kappa shape index (κ1) is 68.2. The number of hydrogen-bond donors (Lipinski definition) is 7. The summed E-state index contributed by atoms with van der Waals surface area (Å²) in [5, 5.41) is 30.6. The zero-order chi connectivity index (χ0) is 56.6. The molecule has 0 fully saturated rings. The molecule has 0 radical (unpaired) electrons. The zero-order valence-electron chi connectivity index (χ0n) is 45.5. The average Bonchev–Trinajstić information content (AvgIpc) is 3.28. The number of rotatable bonds is 19. The molecule has 0 heterocycles. The predicted octanol–water partition coefficient (Wildman–Crippen LogP) is 8.73. The van der Waals surface area contributed by atoms with Gasteiger partial charge in [0.2, 0.25) is 17.7 Å². The standard InChI is InChI=1S/C30H43N3O5.C19H32N2O2.C4H8O2.2CO2/c1-19(15-20(2)30(5,6)7)16-24-13-14-26(34)25(17-24)33-28(36)21(3)31-27(35)22(4)32-29(37)38-18-23-11-9-8-10-12-23;1-12(9-13(2)19(4,5)6)10-15-7-8-17(22)16(11-15)21-18(23)14(3)20;1-4(2)6-3-5;2*2-1-3/h8-14,17,19-22,34H,15-16,18H2,1-7H3,(H,31,35)(H,32,37)(H,33,36);7-8,11-14,22H,9-10,20H2,1-6H3,(H,21,23);3-4H,1-2H3;;/t19-,20?,21?,22?;12-,13?,14?;;;/m11.../s1. The SMILES string of the molecule is CC(C)OC=O.CC(N)C(=O)Nc1cc(C[C@H](C)CC(C)C(C)(C)C)ccc1O.CC(NC(=O)OCc1ccccc1)C(=O)NC(C)C(=O)Nc1cc(C[C@H](C)CC(C)C(C)(C)C)ccc1O.O=C=O.O=C=O. The fourth-order valence-electron chi connectivity index (χ4n) is 6.52. The number of hydrogen-bond acceptors (Lipinski definition) is 14. The number of phenols is 2. The second kappa shape index (κ2) is 35.3. The molecule has 73 heavy (non-hydrogen) atoms. The lowest BCUT2D eigenvalue weighted by Crippen LogP contribution is -2.50. The smallest absolute Gasteiger partial charge is 0.408 e. The van der Waals surface area contributed by atoms with Gasteiger partial charge in [0.1, 0.15) is 30.2 Å². The minimum Gasteiger partial charge on any atom is -0.506 e. The molecule has 0 aromatic heterocycles. The maximum atomic E-state index is 12.7. The Kier molecular flexibility index (Phi) is 33.0. The van der Waals surface area contributed by atoms with Crippen molar-refractivity contribution in [3.8, 4) is 11.5 Å². The van der Waals surface area contributed by atoms with Gasteiger partial charge in [0, 0.05) is 0 Å². The molecule has 406 valence electrons. The van der Waals surface area contributed by atoms with E-state index < -0.39 is 36.0 Å². The van der Waals surface area contributed by atoms with Crippen molar-refractivity contribution < 1.29 is 62.8 Å². The summed E-state index contributed by atoms with van der Waals surface area (Å²) in [6, 6.07) is 17.3. The lowest BCUT2D eigenvalue weighted by molar-refractivity contribution is -0.193. The Bertz CT molecular complexity index is 2180. The molecule has 18 nitrogen and oxygen atoms in total. The largest absolute Gasteiger partial charge is 0.506 e. The van der Waals surface area contributed by atoms with Gasteiger partial charge in [-0.15, -0.1) is 0 Å². The number of benzene rings is 3. The zero-order valence-corrected chi connectivity index (χ0v) is 45.5. The molecule has 5 unspecified atom stereocenters. The van der Waals surface area contributed by atoms with Crippen LogP contribution < -0.4 is 27.0 Å². The fraction of sp³-hybridized carbons (Fsp3) is 0.545. The van der Waals surface area contributed by atoms with Gasteiger partial charge < -0.3 is 46.7 Å². The molecule has 0 bridgehead atoms. The van der Waals surface area contributed by atoms with Crippen LogP contribution in [0.15, 0.2) is 66.7 Å². The molecule has 0 aliphatic rings. The quantitative estimate of drug-likeness (QED) is 0.0437. The van der Waals surface area contributed by atoms with Gasteiger partial charge in [-0.25, -0.2) is 4.79 Å². The molecule has 0 saturated heterocycles. The van der Waals surface area contributed by atoms with E-state index in [0.717, 1.165) is 42.4 Å². The molecule has 4 amide bonds. The number of carbonyl (C=O) groups excluding carboxylic acids is 9. The summed E-state index contributed by atoms with van der Waals surface area (Å²) < 4.78 is 9.49. The van der Waals surface area contributed by atoms with Crippen LogP contribution in [0, 0.1) is 34.5 Å². The van der Waals surface area contributed by atoms with Crippen LogP contribution in [0.25, 0.3) is 0 Å². The minimum atomic E-state index is -0.915. The summed E-state index contributed by atoms with van der Waals surface area (Å²) in [6.45, 7) is 31.3. The molecule has 0 aliphatic carbocycles. The Balaban J connectivity index is 0. The highest BCUT2D eigenvalue weighted by Crippen LogP contribution is 2.34. The Morgan fingerprint density at radius 1 is 0.603 bits per heavy atom. The van der Waals surface area contributed by atoms with Crippen LogP contribution in [0.2, 0.25) is 0 Å². The molecule has 18 heteroatoms. The Labute approximate surface area is 432 Å². The van der Waals surface area contributed by atoms with Gasteiger partial charge in [-0.2, -0.15) is 19.2 Å². The van der Waals surface area contributed by atoms with E-state index >= 15 is 0 Å². The third kappa shape index (κ3) is 31.3. The summed E-state index contributed by atoms with van der Waals surface area (Å²) in [7, 11) is 0. The molecule has 3 rings (SSSR count). The summed E-state index contributed by atoms with van der Waals surface area (Å²) in [4.78, 5) is 90.9. The third-order valence-corrected chi connectivity index (χ3v) is 11.7. The predicted molar refractivity (Wildman–Crippen MR) is 278 cm³/mol. The van der Waals surface area contributed by atoms with E-state index in [1.54, 1.807) is 39.0 Å². The van der Waals surface area contributed by atoms with Crippen molar-refractivity contribution in [2.24, 2.45) is 40.2 Å². The maximum absolute atomic E-state index is 12.7. The molecule has 3 aromatic rings. The van der Waals surface area contributed by atoms with Gasteiger partial charge in [-0.05, 0) is 136 Å². The fourth-order valence-corrected chi connectivity index (χ4v) is 6.52. The van der Waals surface area contributed by atoms with Crippen LogP contribution in [0.5, 0.6) is 11.5 Å². The molecular formula is C55H83N5O13. The van der Waals surface area contributed by atoms with Crippen LogP contribution in [-0.2, 0) is 67.3 Å². The van der Waals surface area contributed by atoms with Gasteiger partial charge in [-0.1, -0.05) is 112 Å². The topological polar surface area (TPSA) is 287 Å². The highest BCUT2D eigenvalue weighted by Gasteiger charge is 2.25. The second-order valence-corrected chi connectivity index (χ2v) is 20.7. The monoisotopic (exact) mass is 1020 g/mol. The summed E-state index contributed by atoms with van der Waals surface area (Å²) in [5.74, 6) is 0.850. The molecule has 0 spiro atoms. The number of ether oxygens (including phenoxy) is 2. The Morgan fingerprint density at radius 3 is 1.36 bits per heavy atom. The van der Waals surface area contributed by atoms with E-state index in [0.29, 0.717) is 46.9 Å². The first-order chi connectivity index (χ1) is 33.9. The van der Waals surface area contributed by atoms with Crippen molar-refractivity contribution in [3.05, 3.63) is 83.4 Å². The minimum absolute atomic E-state index is 0.0301. The van der Waals surface area contributed by atoms with Gasteiger partial charge >= 0.3 is 18.4 Å². The van der Waals surface area contributed by atoms with Gasteiger partial charge in [-0.3, -0.25) is 19.2 Å². The summed E-state index contributed by atoms with van der Waals surface area (Å²) >= 11 is 0. The number of anilines is 2. The van der Waals surface area contributed by atoms with E-state index in [1.165, 1.54) is 13.8 Å². The molecule has 7 atom stereocenters. The summed E-state index contributed by atoms with van der Waals surface area (Å²) in [5.41, 5.74) is 9.76. The first-order valence-electron chi connectivity index (χ1n) is 24.2. The van der Waals surface area contributed by atoms with Crippen LogP contribution >= 0.6 is 0 Å². The van der Waals surface area contributed by atoms with E-state index in [1.807, 2.05) is 48.5 Å². The number of nitrogens with one attached hydrogen (secondary N) is 4. The first-order valence-corrected chi connectivity index (χ1v) is 24.2. The summed E-state index contributed by atoms with van der Waals surface area (Å²) in [6.07, 6.45) is 3.75. The maximum Gasteiger partial charge on any atom is 0.408 e. The normalized spacial score (nSPS) is 13.4. The average molecular weight is 1020 g/mol. The van der Waals surface area contributed by atoms with Crippen LogP contribution in [0.4, 0.5) is 16.2 Å². The van der Waals surface area contributed by atoms with E-state index in [9.17, 15) is 34.2 Å². The van der Waals surface area contributed by atoms with Crippen molar-refractivity contribution in [2.45, 2.75) is 160 Å². The second-order valence-electron chi connectivity index (χ2n) is 20.7. The molecule has 0 saturated carbocycles.